The van der Waals surface area contributed by atoms with E-state index in [4.69, 9.17) is 4.42 Å². The Hall–Kier alpha value is -6.94. The Morgan fingerprint density at radius 1 is 0.397 bits per heavy atom. The maximum absolute atomic E-state index is 6.83. The number of nitrogens with zero attached hydrogens (tertiary/aromatic N) is 1. The van der Waals surface area contributed by atoms with Crippen molar-refractivity contribution in [2.75, 3.05) is 4.90 Å². The molecule has 0 fully saturated rings. The summed E-state index contributed by atoms with van der Waals surface area (Å²) in [6.07, 6.45) is 0. The smallest absolute Gasteiger partial charge is 0.143 e. The van der Waals surface area contributed by atoms with Crippen LogP contribution in [0, 0.1) is 0 Å². The zero-order valence-electron chi connectivity index (χ0n) is 32.2. The lowest BCUT2D eigenvalue weighted by Crippen LogP contribution is -2.15. The van der Waals surface area contributed by atoms with E-state index in [1.54, 1.807) is 0 Å². The van der Waals surface area contributed by atoms with Crippen LogP contribution in [0.1, 0.15) is 25.0 Å². The van der Waals surface area contributed by atoms with Gasteiger partial charge in [0.25, 0.3) is 0 Å². The Morgan fingerprint density at radius 3 is 1.91 bits per heavy atom. The topological polar surface area (TPSA) is 16.4 Å². The van der Waals surface area contributed by atoms with E-state index in [1.165, 1.54) is 58.9 Å². The van der Waals surface area contributed by atoms with E-state index in [1.807, 2.05) is 11.3 Å². The van der Waals surface area contributed by atoms with Crippen LogP contribution in [0.2, 0.25) is 0 Å². The van der Waals surface area contributed by atoms with Crippen molar-refractivity contribution < 1.29 is 4.42 Å². The number of hydrogen-bond donors (Lipinski definition) is 0. The Labute approximate surface area is 340 Å². The first kappa shape index (κ1) is 33.2. The van der Waals surface area contributed by atoms with Gasteiger partial charge in [-0.2, -0.15) is 0 Å². The molecule has 12 rings (SSSR count). The summed E-state index contributed by atoms with van der Waals surface area (Å²) in [5.74, 6) is 0. The van der Waals surface area contributed by atoms with Crippen LogP contribution in [0.4, 0.5) is 17.1 Å². The molecule has 0 spiro atoms. The molecule has 2 aromatic heterocycles. The van der Waals surface area contributed by atoms with Crippen molar-refractivity contribution in [3.8, 4) is 33.4 Å². The second-order valence-corrected chi connectivity index (χ2v) is 17.2. The van der Waals surface area contributed by atoms with Crippen molar-refractivity contribution in [2.45, 2.75) is 19.3 Å². The molecule has 3 heteroatoms. The van der Waals surface area contributed by atoms with E-state index in [2.05, 4.69) is 207 Å². The zero-order chi connectivity index (χ0) is 38.5. The number of hydrogen-bond acceptors (Lipinski definition) is 3. The summed E-state index contributed by atoms with van der Waals surface area (Å²) >= 11 is 1.86. The average Bonchev–Trinajstić information content (AvgIpc) is 3.91. The van der Waals surface area contributed by atoms with Gasteiger partial charge in [0.1, 0.15) is 11.2 Å². The molecular weight excluding hydrogens is 723 g/mol. The van der Waals surface area contributed by atoms with E-state index in [0.717, 1.165) is 55.5 Å². The number of para-hydroxylation sites is 1. The van der Waals surface area contributed by atoms with Crippen molar-refractivity contribution in [3.05, 3.63) is 199 Å². The second kappa shape index (κ2) is 12.5. The van der Waals surface area contributed by atoms with Gasteiger partial charge in [-0.05, 0) is 98.9 Å². The maximum atomic E-state index is 6.83. The summed E-state index contributed by atoms with van der Waals surface area (Å²) < 4.78 is 9.45. The van der Waals surface area contributed by atoms with Crippen LogP contribution < -0.4 is 4.90 Å². The molecule has 0 atom stereocenters. The third-order valence-corrected chi connectivity index (χ3v) is 13.6. The van der Waals surface area contributed by atoms with Crippen molar-refractivity contribution >= 4 is 81.3 Å². The van der Waals surface area contributed by atoms with E-state index in [0.29, 0.717) is 0 Å². The van der Waals surface area contributed by atoms with Crippen LogP contribution >= 0.6 is 11.3 Å². The van der Waals surface area contributed by atoms with Crippen LogP contribution in [0.15, 0.2) is 192 Å². The number of benzene rings is 9. The summed E-state index contributed by atoms with van der Waals surface area (Å²) in [5.41, 5.74) is 15.0. The standard InChI is InChI=1S/C55H37NOS/c1-55(2)49-22-7-5-18-43(49)48-33-40(26-29-50(48)55)56(38-15-9-13-35(30-38)36-25-27-45-44-19-6-8-23-51(44)58-52(45)32-36)39-16-10-14-37(31-39)42-20-11-21-46-47-28-24-34-12-3-4-17-41(34)53(47)57-54(42)46/h3-33H,1-2H3. The first-order valence-corrected chi connectivity index (χ1v) is 20.8. The van der Waals surface area contributed by atoms with Crippen LogP contribution in [-0.2, 0) is 5.41 Å². The van der Waals surface area contributed by atoms with E-state index < -0.39 is 0 Å². The molecule has 0 saturated carbocycles. The van der Waals surface area contributed by atoms with Gasteiger partial charge in [-0.1, -0.05) is 147 Å². The van der Waals surface area contributed by atoms with E-state index in [9.17, 15) is 0 Å². The van der Waals surface area contributed by atoms with Crippen molar-refractivity contribution in [3.63, 3.8) is 0 Å². The highest BCUT2D eigenvalue weighted by molar-refractivity contribution is 7.25. The number of rotatable bonds is 5. The first-order valence-electron chi connectivity index (χ1n) is 20.0. The summed E-state index contributed by atoms with van der Waals surface area (Å²) in [6.45, 7) is 4.69. The minimum Gasteiger partial charge on any atom is -0.455 e. The Kier molecular flexibility index (Phi) is 7.18. The maximum Gasteiger partial charge on any atom is 0.143 e. The van der Waals surface area contributed by atoms with Gasteiger partial charge in [-0.15, -0.1) is 11.3 Å². The van der Waals surface area contributed by atoms with Gasteiger partial charge in [-0.25, -0.2) is 0 Å². The first-order chi connectivity index (χ1) is 28.5. The second-order valence-electron chi connectivity index (χ2n) is 16.1. The van der Waals surface area contributed by atoms with Gasteiger partial charge in [0.15, 0.2) is 0 Å². The number of fused-ring (bicyclic) bond motifs is 11. The van der Waals surface area contributed by atoms with Gasteiger partial charge in [0, 0.05) is 64.4 Å². The molecule has 9 aromatic carbocycles. The number of thiophene rings is 1. The molecule has 2 heterocycles. The zero-order valence-corrected chi connectivity index (χ0v) is 33.0. The molecule has 58 heavy (non-hydrogen) atoms. The highest BCUT2D eigenvalue weighted by Gasteiger charge is 2.35. The van der Waals surface area contributed by atoms with Gasteiger partial charge in [-0.3, -0.25) is 0 Å². The minimum absolute atomic E-state index is 0.0725. The quantitative estimate of drug-likeness (QED) is 0.174. The molecule has 2 nitrogen and oxygen atoms in total. The largest absolute Gasteiger partial charge is 0.455 e. The molecule has 0 bridgehead atoms. The van der Waals surface area contributed by atoms with Crippen molar-refractivity contribution in [2.24, 2.45) is 0 Å². The Morgan fingerprint density at radius 2 is 1.02 bits per heavy atom. The minimum atomic E-state index is -0.0725. The molecular formula is C55H37NOS. The Balaban J connectivity index is 1.04. The summed E-state index contributed by atoms with van der Waals surface area (Å²) in [5, 5.41) is 7.22. The van der Waals surface area contributed by atoms with E-state index in [-0.39, 0.29) is 5.41 Å². The molecule has 0 N–H and O–H groups in total. The molecule has 1 aliphatic carbocycles. The van der Waals surface area contributed by atoms with Crippen LogP contribution in [0.3, 0.4) is 0 Å². The molecule has 0 saturated heterocycles. The average molecular weight is 760 g/mol. The van der Waals surface area contributed by atoms with Crippen molar-refractivity contribution in [1.29, 1.82) is 0 Å². The summed E-state index contributed by atoms with van der Waals surface area (Å²) in [6, 6.07) is 68.9. The fourth-order valence-electron chi connectivity index (χ4n) is 9.59. The molecule has 1 aliphatic rings. The summed E-state index contributed by atoms with van der Waals surface area (Å²) in [4.78, 5) is 2.42. The summed E-state index contributed by atoms with van der Waals surface area (Å²) in [7, 11) is 0. The number of furan rings is 1. The van der Waals surface area contributed by atoms with Gasteiger partial charge in [0.05, 0.1) is 0 Å². The fraction of sp³-hybridized carbons (Fsp3) is 0.0545. The molecule has 0 radical (unpaired) electrons. The third kappa shape index (κ3) is 4.97. The van der Waals surface area contributed by atoms with Gasteiger partial charge >= 0.3 is 0 Å². The number of anilines is 3. The third-order valence-electron chi connectivity index (χ3n) is 12.4. The molecule has 0 aliphatic heterocycles. The molecule has 0 amide bonds. The monoisotopic (exact) mass is 759 g/mol. The predicted molar refractivity (Wildman–Crippen MR) is 247 cm³/mol. The van der Waals surface area contributed by atoms with Crippen LogP contribution in [0.25, 0.3) is 86.3 Å². The lowest BCUT2D eigenvalue weighted by atomic mass is 9.82. The lowest BCUT2D eigenvalue weighted by molar-refractivity contribution is 0.660. The fourth-order valence-corrected chi connectivity index (χ4v) is 10.7. The predicted octanol–water partition coefficient (Wildman–Crippen LogP) is 16.2. The molecule has 274 valence electrons. The van der Waals surface area contributed by atoms with E-state index >= 15 is 0 Å². The Bertz CT molecular complexity index is 3460. The SMILES string of the molecule is CC1(C)c2ccccc2-c2cc(N(c3cccc(-c4ccc5c(c4)sc4ccccc45)c3)c3cccc(-c4cccc5c4oc4c6ccccc6ccc54)c3)ccc21. The normalized spacial score (nSPS) is 13.1. The molecule has 0 unspecified atom stereocenters. The highest BCUT2D eigenvalue weighted by Crippen LogP contribution is 2.51. The highest BCUT2D eigenvalue weighted by atomic mass is 32.1. The lowest BCUT2D eigenvalue weighted by Gasteiger charge is -2.28. The van der Waals surface area contributed by atoms with Crippen LogP contribution in [0.5, 0.6) is 0 Å². The van der Waals surface area contributed by atoms with Gasteiger partial charge < -0.3 is 9.32 Å². The van der Waals surface area contributed by atoms with Crippen molar-refractivity contribution in [1.82, 2.24) is 0 Å². The van der Waals surface area contributed by atoms with Gasteiger partial charge in [0.2, 0.25) is 0 Å². The van der Waals surface area contributed by atoms with Crippen LogP contribution in [-0.4, -0.2) is 0 Å². The molecule has 11 aromatic rings.